The van der Waals surface area contributed by atoms with Crippen molar-refractivity contribution in [2.45, 2.75) is 6.92 Å². The molecule has 0 unspecified atom stereocenters. The molecule has 3 rings (SSSR count). The molecule has 0 radical (unpaired) electrons. The van der Waals surface area contributed by atoms with E-state index in [0.717, 1.165) is 0 Å². The summed E-state index contributed by atoms with van der Waals surface area (Å²) in [6.45, 7) is 1.69. The Bertz CT molecular complexity index is 796. The maximum atomic E-state index is 13.6. The van der Waals surface area contributed by atoms with Crippen molar-refractivity contribution in [3.05, 3.63) is 52.8 Å². The fourth-order valence-electron chi connectivity index (χ4n) is 1.94. The van der Waals surface area contributed by atoms with Gasteiger partial charge in [-0.1, -0.05) is 35.0 Å². The van der Waals surface area contributed by atoms with Crippen LogP contribution in [0.25, 0.3) is 22.8 Å². The zero-order chi connectivity index (χ0) is 15.0. The van der Waals surface area contributed by atoms with Crippen molar-refractivity contribution in [2.75, 3.05) is 5.73 Å². The summed E-state index contributed by atoms with van der Waals surface area (Å²) in [6, 6.07) is 9.85. The minimum atomic E-state index is -0.323. The van der Waals surface area contributed by atoms with Crippen LogP contribution in [-0.2, 0) is 0 Å². The number of hydrogen-bond donors (Lipinski definition) is 1. The van der Waals surface area contributed by atoms with E-state index in [2.05, 4.69) is 10.1 Å². The first-order valence-corrected chi connectivity index (χ1v) is 6.58. The Morgan fingerprint density at radius 1 is 1.24 bits per heavy atom. The molecule has 2 N–H and O–H groups in total. The number of halogens is 2. The molecule has 4 nitrogen and oxygen atoms in total. The van der Waals surface area contributed by atoms with Crippen molar-refractivity contribution >= 4 is 17.3 Å². The van der Waals surface area contributed by atoms with Gasteiger partial charge in [-0.05, 0) is 30.7 Å². The highest BCUT2D eigenvalue weighted by atomic mass is 35.5. The molecule has 1 heterocycles. The summed E-state index contributed by atoms with van der Waals surface area (Å²) >= 11 is 6.10. The van der Waals surface area contributed by atoms with Crippen LogP contribution < -0.4 is 5.73 Å². The first-order valence-electron chi connectivity index (χ1n) is 6.21. The van der Waals surface area contributed by atoms with Gasteiger partial charge in [0.25, 0.3) is 5.89 Å². The van der Waals surface area contributed by atoms with Crippen LogP contribution in [0.3, 0.4) is 0 Å². The highest BCUT2D eigenvalue weighted by Crippen LogP contribution is 2.33. The zero-order valence-electron chi connectivity index (χ0n) is 11.1. The fourth-order valence-corrected chi connectivity index (χ4v) is 2.20. The molecule has 0 saturated carbocycles. The second-order valence-corrected chi connectivity index (χ2v) is 5.00. The number of anilines is 1. The van der Waals surface area contributed by atoms with Gasteiger partial charge >= 0.3 is 0 Å². The van der Waals surface area contributed by atoms with Crippen LogP contribution in [0.4, 0.5) is 10.1 Å². The number of rotatable bonds is 2. The van der Waals surface area contributed by atoms with Crippen LogP contribution in [0.5, 0.6) is 0 Å². The molecule has 0 aliphatic carbocycles. The minimum absolute atomic E-state index is 0.203. The number of benzene rings is 2. The summed E-state index contributed by atoms with van der Waals surface area (Å²) in [5.41, 5.74) is 7.87. The quantitative estimate of drug-likeness (QED) is 0.724. The van der Waals surface area contributed by atoms with Gasteiger partial charge in [0.1, 0.15) is 5.82 Å². The van der Waals surface area contributed by atoms with Crippen molar-refractivity contribution in [2.24, 2.45) is 0 Å². The van der Waals surface area contributed by atoms with Crippen molar-refractivity contribution in [3.8, 4) is 22.8 Å². The summed E-state index contributed by atoms with van der Waals surface area (Å²) in [5, 5.41) is 4.27. The highest BCUT2D eigenvalue weighted by molar-refractivity contribution is 6.33. The third-order valence-corrected chi connectivity index (χ3v) is 3.43. The third kappa shape index (κ3) is 2.48. The Kier molecular flexibility index (Phi) is 3.35. The van der Waals surface area contributed by atoms with Gasteiger partial charge < -0.3 is 10.3 Å². The molecule has 106 valence electrons. The average Bonchev–Trinajstić information content (AvgIpc) is 2.91. The van der Waals surface area contributed by atoms with E-state index in [1.165, 1.54) is 6.07 Å². The molecule has 0 saturated heterocycles. The monoisotopic (exact) mass is 303 g/mol. The standard InChI is InChI=1S/C15H11ClFN3O/c1-8-5-6-9(7-11(8)17)14-19-15(21-20-14)13-10(16)3-2-4-12(13)18/h2-7H,18H2,1H3. The number of aryl methyl sites for hydroxylation is 1. The molecule has 3 aromatic rings. The molecule has 0 atom stereocenters. The lowest BCUT2D eigenvalue weighted by Crippen LogP contribution is -1.91. The van der Waals surface area contributed by atoms with Gasteiger partial charge in [0.05, 0.1) is 10.6 Å². The van der Waals surface area contributed by atoms with Crippen LogP contribution in [0.1, 0.15) is 5.56 Å². The number of aromatic nitrogens is 2. The molecule has 0 fully saturated rings. The van der Waals surface area contributed by atoms with Crippen molar-refractivity contribution < 1.29 is 8.91 Å². The normalized spacial score (nSPS) is 10.8. The van der Waals surface area contributed by atoms with E-state index in [-0.39, 0.29) is 17.5 Å². The highest BCUT2D eigenvalue weighted by Gasteiger charge is 2.16. The van der Waals surface area contributed by atoms with E-state index in [1.807, 2.05) is 0 Å². The Hall–Kier alpha value is -2.40. The topological polar surface area (TPSA) is 64.9 Å². The predicted octanol–water partition coefficient (Wildman–Crippen LogP) is 4.09. The second kappa shape index (κ2) is 5.18. The van der Waals surface area contributed by atoms with Crippen molar-refractivity contribution in [3.63, 3.8) is 0 Å². The molecule has 0 aliphatic rings. The maximum Gasteiger partial charge on any atom is 0.261 e. The number of nitrogens with zero attached hydrogens (tertiary/aromatic N) is 2. The first kappa shape index (κ1) is 13.6. The number of hydrogen-bond acceptors (Lipinski definition) is 4. The van der Waals surface area contributed by atoms with Gasteiger partial charge in [-0.3, -0.25) is 0 Å². The van der Waals surface area contributed by atoms with Crippen LogP contribution in [0.2, 0.25) is 5.02 Å². The lowest BCUT2D eigenvalue weighted by Gasteiger charge is -2.02. The van der Waals surface area contributed by atoms with Gasteiger partial charge in [-0.15, -0.1) is 0 Å². The smallest absolute Gasteiger partial charge is 0.261 e. The van der Waals surface area contributed by atoms with Gasteiger partial charge in [0, 0.05) is 11.3 Å². The Morgan fingerprint density at radius 2 is 2.05 bits per heavy atom. The summed E-state index contributed by atoms with van der Waals surface area (Å²) in [6.07, 6.45) is 0. The van der Waals surface area contributed by atoms with Gasteiger partial charge in [-0.25, -0.2) is 4.39 Å². The van der Waals surface area contributed by atoms with E-state index in [9.17, 15) is 4.39 Å². The summed E-state index contributed by atoms with van der Waals surface area (Å²) in [4.78, 5) is 4.23. The number of nitrogen functional groups attached to an aromatic ring is 1. The Morgan fingerprint density at radius 3 is 2.76 bits per heavy atom. The molecule has 0 bridgehead atoms. The van der Waals surface area contributed by atoms with E-state index in [1.54, 1.807) is 37.3 Å². The molecule has 2 aromatic carbocycles. The van der Waals surface area contributed by atoms with Gasteiger partial charge in [0.15, 0.2) is 0 Å². The lowest BCUT2D eigenvalue weighted by atomic mass is 10.1. The molecule has 0 amide bonds. The number of nitrogens with two attached hydrogens (primary N) is 1. The minimum Gasteiger partial charge on any atom is -0.398 e. The second-order valence-electron chi connectivity index (χ2n) is 4.59. The Balaban J connectivity index is 2.06. The van der Waals surface area contributed by atoms with Crippen LogP contribution >= 0.6 is 11.6 Å². The largest absolute Gasteiger partial charge is 0.398 e. The van der Waals surface area contributed by atoms with Gasteiger partial charge in [-0.2, -0.15) is 4.98 Å². The zero-order valence-corrected chi connectivity index (χ0v) is 11.9. The summed E-state index contributed by atoms with van der Waals surface area (Å²) in [5.74, 6) is 0.161. The molecule has 0 spiro atoms. The van der Waals surface area contributed by atoms with Crippen LogP contribution in [0.15, 0.2) is 40.9 Å². The molecular weight excluding hydrogens is 293 g/mol. The molecular formula is C15H11ClFN3O. The molecule has 1 aromatic heterocycles. The van der Waals surface area contributed by atoms with Crippen LogP contribution in [-0.4, -0.2) is 10.1 Å². The SMILES string of the molecule is Cc1ccc(-c2noc(-c3c(N)cccc3Cl)n2)cc1F. The van der Waals surface area contributed by atoms with Crippen molar-refractivity contribution in [1.82, 2.24) is 10.1 Å². The lowest BCUT2D eigenvalue weighted by molar-refractivity contribution is 0.432. The van der Waals surface area contributed by atoms with Crippen LogP contribution in [0, 0.1) is 12.7 Å². The molecule has 21 heavy (non-hydrogen) atoms. The predicted molar refractivity (Wildman–Crippen MR) is 79.3 cm³/mol. The Labute approximate surface area is 125 Å². The van der Waals surface area contributed by atoms with E-state index in [4.69, 9.17) is 21.9 Å². The van der Waals surface area contributed by atoms with Crippen molar-refractivity contribution in [1.29, 1.82) is 0 Å². The molecule has 6 heteroatoms. The van der Waals surface area contributed by atoms with Gasteiger partial charge in [0.2, 0.25) is 5.82 Å². The van der Waals surface area contributed by atoms with E-state index in [0.29, 0.717) is 27.4 Å². The third-order valence-electron chi connectivity index (χ3n) is 3.12. The fraction of sp³-hybridized carbons (Fsp3) is 0.0667. The summed E-state index contributed by atoms with van der Waals surface area (Å²) in [7, 11) is 0. The first-order chi connectivity index (χ1) is 10.1. The van der Waals surface area contributed by atoms with E-state index < -0.39 is 0 Å². The summed E-state index contributed by atoms with van der Waals surface area (Å²) < 4.78 is 18.8. The average molecular weight is 304 g/mol. The van der Waals surface area contributed by atoms with E-state index >= 15 is 0 Å². The maximum absolute atomic E-state index is 13.6. The molecule has 0 aliphatic heterocycles.